The number of thiophene rings is 1. The predicted molar refractivity (Wildman–Crippen MR) is 117 cm³/mol. The summed E-state index contributed by atoms with van der Waals surface area (Å²) in [6.45, 7) is 3.90. The molecule has 4 nitrogen and oxygen atoms in total. The second-order valence-corrected chi connectivity index (χ2v) is 9.18. The highest BCUT2D eigenvalue weighted by atomic mass is 32.2. The molecule has 0 aliphatic carbocycles. The van der Waals surface area contributed by atoms with E-state index in [-0.39, 0.29) is 6.42 Å². The number of benzene rings is 1. The zero-order valence-electron chi connectivity index (χ0n) is 16.1. The monoisotopic (exact) mass is 415 g/mol. The second-order valence-electron chi connectivity index (χ2n) is 7.28. The third-order valence-electron chi connectivity index (χ3n) is 5.45. The third kappa shape index (κ3) is 4.14. The molecule has 6 heteroatoms. The van der Waals surface area contributed by atoms with Crippen LogP contribution in [0.25, 0.3) is 5.57 Å². The Labute approximate surface area is 174 Å². The van der Waals surface area contributed by atoms with Gasteiger partial charge in [-0.3, -0.25) is 4.79 Å². The minimum absolute atomic E-state index is 0.0374. The minimum atomic E-state index is -0.803. The van der Waals surface area contributed by atoms with Gasteiger partial charge in [0.2, 0.25) is 0 Å². The number of hydrogen-bond acceptors (Lipinski definition) is 5. The van der Waals surface area contributed by atoms with Crippen molar-refractivity contribution in [1.82, 2.24) is 4.90 Å². The summed E-state index contributed by atoms with van der Waals surface area (Å²) in [6.07, 6.45) is 4.32. The molecule has 3 heterocycles. The number of ether oxygens (including phenoxy) is 1. The van der Waals surface area contributed by atoms with Crippen LogP contribution in [0.1, 0.15) is 34.4 Å². The van der Waals surface area contributed by atoms with Crippen molar-refractivity contribution in [2.45, 2.75) is 25.9 Å². The van der Waals surface area contributed by atoms with Gasteiger partial charge in [0.05, 0.1) is 6.42 Å². The molecule has 4 rings (SSSR count). The van der Waals surface area contributed by atoms with Crippen molar-refractivity contribution in [2.24, 2.45) is 0 Å². The van der Waals surface area contributed by atoms with Gasteiger partial charge in [0.1, 0.15) is 12.4 Å². The smallest absolute Gasteiger partial charge is 0.307 e. The summed E-state index contributed by atoms with van der Waals surface area (Å²) in [5.74, 6) is 1.24. The Morgan fingerprint density at radius 3 is 2.86 bits per heavy atom. The van der Waals surface area contributed by atoms with Crippen molar-refractivity contribution in [1.29, 1.82) is 0 Å². The van der Waals surface area contributed by atoms with Gasteiger partial charge in [0, 0.05) is 47.0 Å². The minimum Gasteiger partial charge on any atom is -0.488 e. The number of carboxylic acids is 1. The van der Waals surface area contributed by atoms with Crippen molar-refractivity contribution >= 4 is 34.6 Å². The standard InChI is InChI=1S/C22H25NO3S2/c1-27-11-9-23-7-4-16(5-8-23)21-18-12-15(13-20(24)25)2-3-19(18)26-14-17-6-10-28-22(17)21/h2-3,6,10,12H,4-5,7-9,11,13-14H2,1H3,(H,24,25). The molecular weight excluding hydrogens is 390 g/mol. The molecule has 1 aromatic carbocycles. The van der Waals surface area contributed by atoms with Crippen LogP contribution in [0, 0.1) is 0 Å². The Hall–Kier alpha value is -1.76. The van der Waals surface area contributed by atoms with E-state index in [1.165, 1.54) is 27.3 Å². The molecule has 1 N–H and O–H groups in total. The number of nitrogens with zero attached hydrogens (tertiary/aromatic N) is 1. The maximum absolute atomic E-state index is 11.2. The Morgan fingerprint density at radius 2 is 2.11 bits per heavy atom. The van der Waals surface area contributed by atoms with Crippen molar-refractivity contribution in [2.75, 3.05) is 31.6 Å². The van der Waals surface area contributed by atoms with Gasteiger partial charge < -0.3 is 14.7 Å². The molecular formula is C22H25NO3S2. The molecule has 0 radical (unpaired) electrons. The van der Waals surface area contributed by atoms with Crippen LogP contribution in [0.4, 0.5) is 0 Å². The number of hydrogen-bond donors (Lipinski definition) is 1. The maximum Gasteiger partial charge on any atom is 0.307 e. The number of thioether (sulfide) groups is 1. The van der Waals surface area contributed by atoms with Crippen LogP contribution in [-0.4, -0.2) is 47.6 Å². The largest absolute Gasteiger partial charge is 0.488 e. The Morgan fingerprint density at radius 1 is 1.29 bits per heavy atom. The normalized spacial score (nSPS) is 16.9. The van der Waals surface area contributed by atoms with Gasteiger partial charge in [-0.25, -0.2) is 0 Å². The lowest BCUT2D eigenvalue weighted by molar-refractivity contribution is -0.136. The summed E-state index contributed by atoms with van der Waals surface area (Å²) in [6, 6.07) is 8.00. The van der Waals surface area contributed by atoms with Gasteiger partial charge in [-0.05, 0) is 48.2 Å². The van der Waals surface area contributed by atoms with E-state index in [1.807, 2.05) is 30.0 Å². The summed E-state index contributed by atoms with van der Waals surface area (Å²) in [4.78, 5) is 15.1. The Kier molecular flexibility index (Phi) is 6.09. The number of aliphatic carboxylic acids is 1. The predicted octanol–water partition coefficient (Wildman–Crippen LogP) is 4.53. The van der Waals surface area contributed by atoms with Crippen molar-refractivity contribution in [3.63, 3.8) is 0 Å². The highest BCUT2D eigenvalue weighted by molar-refractivity contribution is 7.98. The fourth-order valence-electron chi connectivity index (χ4n) is 4.00. The fraction of sp³-hybridized carbons (Fsp3) is 0.409. The molecule has 148 valence electrons. The molecule has 2 aliphatic rings. The van der Waals surface area contributed by atoms with Gasteiger partial charge in [-0.2, -0.15) is 11.8 Å². The van der Waals surface area contributed by atoms with E-state index in [0.29, 0.717) is 6.61 Å². The van der Waals surface area contributed by atoms with Crippen LogP contribution in [0.5, 0.6) is 5.75 Å². The molecule has 2 aromatic rings. The molecule has 0 atom stereocenters. The lowest BCUT2D eigenvalue weighted by atomic mass is 9.90. The van der Waals surface area contributed by atoms with Crippen molar-refractivity contribution in [3.05, 3.63) is 56.8 Å². The first kappa shape index (κ1) is 19.6. The van der Waals surface area contributed by atoms with Crippen molar-refractivity contribution < 1.29 is 14.6 Å². The van der Waals surface area contributed by atoms with E-state index in [4.69, 9.17) is 4.74 Å². The molecule has 1 aromatic heterocycles. The number of piperidine rings is 1. The van der Waals surface area contributed by atoms with Crippen LogP contribution < -0.4 is 4.74 Å². The number of rotatable bonds is 5. The molecule has 0 spiro atoms. The number of fused-ring (bicyclic) bond motifs is 2. The number of carbonyl (C=O) groups is 1. The summed E-state index contributed by atoms with van der Waals surface area (Å²) in [5, 5.41) is 11.4. The number of carboxylic acid groups (broad SMARTS) is 1. The quantitative estimate of drug-likeness (QED) is 0.778. The molecule has 0 bridgehead atoms. The van der Waals surface area contributed by atoms with Gasteiger partial charge in [-0.15, -0.1) is 11.3 Å². The average Bonchev–Trinajstić information content (AvgIpc) is 3.09. The average molecular weight is 416 g/mol. The first-order chi connectivity index (χ1) is 13.7. The van der Waals surface area contributed by atoms with Crippen LogP contribution in [-0.2, 0) is 17.8 Å². The van der Waals surface area contributed by atoms with Gasteiger partial charge >= 0.3 is 5.97 Å². The highest BCUT2D eigenvalue weighted by Crippen LogP contribution is 2.43. The zero-order valence-corrected chi connectivity index (χ0v) is 17.7. The molecule has 2 aliphatic heterocycles. The van der Waals surface area contributed by atoms with Crippen molar-refractivity contribution in [3.8, 4) is 5.75 Å². The first-order valence-corrected chi connectivity index (χ1v) is 11.9. The Balaban J connectivity index is 1.73. The molecule has 1 fully saturated rings. The lowest BCUT2D eigenvalue weighted by Crippen LogP contribution is -2.32. The van der Waals surface area contributed by atoms with Gasteiger partial charge in [0.15, 0.2) is 0 Å². The highest BCUT2D eigenvalue weighted by Gasteiger charge is 2.26. The van der Waals surface area contributed by atoms with E-state index in [9.17, 15) is 9.90 Å². The maximum atomic E-state index is 11.2. The first-order valence-electron chi connectivity index (χ1n) is 9.63. The van der Waals surface area contributed by atoms with Gasteiger partial charge in [-0.1, -0.05) is 11.6 Å². The topological polar surface area (TPSA) is 49.8 Å². The SMILES string of the molecule is CSCCN1CCC(=C2c3cc(CC(=O)O)ccc3OCc3ccsc32)CC1. The second kappa shape index (κ2) is 8.72. The number of likely N-dealkylation sites (tertiary alicyclic amines) is 1. The van der Waals surface area contributed by atoms with E-state index in [2.05, 4.69) is 22.6 Å². The molecule has 0 amide bonds. The summed E-state index contributed by atoms with van der Waals surface area (Å²) in [5.41, 5.74) is 5.88. The van der Waals surface area contributed by atoms with E-state index >= 15 is 0 Å². The van der Waals surface area contributed by atoms with E-state index < -0.39 is 5.97 Å². The van der Waals surface area contributed by atoms with E-state index in [1.54, 1.807) is 11.3 Å². The van der Waals surface area contributed by atoms with Gasteiger partial charge in [0.25, 0.3) is 0 Å². The zero-order chi connectivity index (χ0) is 19.5. The van der Waals surface area contributed by atoms with Crippen LogP contribution >= 0.6 is 23.1 Å². The molecule has 28 heavy (non-hydrogen) atoms. The summed E-state index contributed by atoms with van der Waals surface area (Å²) >= 11 is 3.67. The third-order valence-corrected chi connectivity index (χ3v) is 7.02. The molecule has 0 saturated carbocycles. The van der Waals surface area contributed by atoms with E-state index in [0.717, 1.165) is 49.4 Å². The van der Waals surface area contributed by atoms with Crippen LogP contribution in [0.2, 0.25) is 0 Å². The fourth-order valence-corrected chi connectivity index (χ4v) is 5.46. The summed E-state index contributed by atoms with van der Waals surface area (Å²) in [7, 11) is 0. The van der Waals surface area contributed by atoms with Crippen LogP contribution in [0.3, 0.4) is 0 Å². The molecule has 0 unspecified atom stereocenters. The van der Waals surface area contributed by atoms with Crippen LogP contribution in [0.15, 0.2) is 35.2 Å². The lowest BCUT2D eigenvalue weighted by Gasteiger charge is -2.29. The Bertz CT molecular complexity index is 893. The summed E-state index contributed by atoms with van der Waals surface area (Å²) < 4.78 is 6.10. The molecule has 1 saturated heterocycles.